The van der Waals surface area contributed by atoms with Gasteiger partial charge in [0.15, 0.2) is 11.6 Å². The number of benzene rings is 2. The Labute approximate surface area is 364 Å². The molecule has 2 amide bonds. The van der Waals surface area contributed by atoms with Gasteiger partial charge in [0.2, 0.25) is 11.8 Å². The van der Waals surface area contributed by atoms with Crippen LogP contribution in [0, 0.1) is 30.6 Å². The van der Waals surface area contributed by atoms with E-state index in [0.29, 0.717) is 53.3 Å². The maximum atomic E-state index is 14.2. The number of aryl methyl sites for hydroxylation is 1. The summed E-state index contributed by atoms with van der Waals surface area (Å²) in [5.41, 5.74) is 7.13. The van der Waals surface area contributed by atoms with Gasteiger partial charge in [-0.15, -0.1) is 34.2 Å². The molecule has 3 fully saturated rings. The first-order valence-corrected chi connectivity index (χ1v) is 22.4. The van der Waals surface area contributed by atoms with Crippen molar-refractivity contribution < 1.29 is 29.1 Å². The van der Waals surface area contributed by atoms with Crippen LogP contribution in [-0.4, -0.2) is 103 Å². The van der Waals surface area contributed by atoms with Crippen LogP contribution in [0.15, 0.2) is 70.7 Å². The van der Waals surface area contributed by atoms with Gasteiger partial charge >= 0.3 is 0 Å². The minimum atomic E-state index is -1.04. The fourth-order valence-electron chi connectivity index (χ4n) is 9.76. The normalized spacial score (nSPS) is 24.5. The number of phenolic OH excluding ortho intramolecular Hbond substituents is 1. The first-order chi connectivity index (χ1) is 29.3. The number of rotatable bonds is 14. The molecule has 3 aliphatic heterocycles. The Morgan fingerprint density at radius 2 is 1.87 bits per heavy atom. The van der Waals surface area contributed by atoms with Crippen molar-refractivity contribution >= 4 is 41.6 Å². The smallest absolute Gasteiger partial charge is 0.254 e. The molecule has 8 atom stereocenters. The zero-order valence-corrected chi connectivity index (χ0v) is 36.4. The Morgan fingerprint density at radius 3 is 2.59 bits per heavy atom. The van der Waals surface area contributed by atoms with E-state index >= 15 is 0 Å². The lowest BCUT2D eigenvalue weighted by Gasteiger charge is -2.32. The number of phenols is 1. The molecule has 1 unspecified atom stereocenters. The zero-order chi connectivity index (χ0) is 42.6. The molecule has 3 aromatic heterocycles. The van der Waals surface area contributed by atoms with Gasteiger partial charge in [0.05, 0.1) is 34.5 Å². The maximum Gasteiger partial charge on any atom is 0.254 e. The number of amides is 2. The summed E-state index contributed by atoms with van der Waals surface area (Å²) >= 11 is 6.40. The molecule has 16 heteroatoms. The monoisotopic (exact) mass is 864 g/mol. The summed E-state index contributed by atoms with van der Waals surface area (Å²) in [7, 11) is 0. The van der Waals surface area contributed by atoms with E-state index < -0.39 is 28.8 Å². The molecule has 9 rings (SSSR count). The van der Waals surface area contributed by atoms with Crippen molar-refractivity contribution in [2.24, 2.45) is 23.7 Å². The molecule has 1 saturated carbocycles. The number of anilines is 1. The number of thiol groups is 1. The average molecular weight is 865 g/mol. The van der Waals surface area contributed by atoms with Gasteiger partial charge in [-0.25, -0.2) is 4.98 Å². The van der Waals surface area contributed by atoms with E-state index in [1.54, 1.807) is 36.5 Å². The topological polar surface area (TPSA) is 179 Å². The average Bonchev–Trinajstić information content (AvgIpc) is 3.93. The van der Waals surface area contributed by atoms with Crippen molar-refractivity contribution in [2.45, 2.75) is 75.9 Å². The van der Waals surface area contributed by atoms with Crippen molar-refractivity contribution in [2.75, 3.05) is 38.1 Å². The summed E-state index contributed by atoms with van der Waals surface area (Å²) < 4.78 is 11.7. The van der Waals surface area contributed by atoms with Crippen molar-refractivity contribution in [1.29, 1.82) is 0 Å². The van der Waals surface area contributed by atoms with E-state index in [-0.39, 0.29) is 30.5 Å². The van der Waals surface area contributed by atoms with Gasteiger partial charge in [0.1, 0.15) is 22.6 Å². The zero-order valence-electron chi connectivity index (χ0n) is 34.7. The number of aromatic nitrogens is 4. The maximum absolute atomic E-state index is 14.2. The number of aliphatic hydroxyl groups excluding tert-OH is 1. The number of β-amino-alcohol motifs (C(OH)–C–C–N with tert-alkyl or cyclic N) is 1. The van der Waals surface area contributed by atoms with Crippen LogP contribution in [0.25, 0.3) is 21.7 Å². The summed E-state index contributed by atoms with van der Waals surface area (Å²) in [6.45, 7) is 11.1. The number of nitrogens with one attached hydrogen (secondary N) is 2. The van der Waals surface area contributed by atoms with Gasteiger partial charge in [0, 0.05) is 55.8 Å². The summed E-state index contributed by atoms with van der Waals surface area (Å²) in [5.74, 6) is 2.04. The van der Waals surface area contributed by atoms with Gasteiger partial charge in [-0.3, -0.25) is 9.59 Å². The number of aromatic hydroxyl groups is 1. The number of ether oxygens (including phenoxy) is 1. The molecular formula is C45H52N8O6S2. The quantitative estimate of drug-likeness (QED) is 0.0510. The molecule has 2 aromatic carbocycles. The second-order valence-corrected chi connectivity index (χ2v) is 19.3. The molecule has 2 saturated heterocycles. The van der Waals surface area contributed by atoms with E-state index in [9.17, 15) is 19.8 Å². The van der Waals surface area contributed by atoms with Crippen LogP contribution in [0.2, 0.25) is 0 Å². The number of piperidine rings is 1. The van der Waals surface area contributed by atoms with Gasteiger partial charge in [-0.2, -0.15) is 0 Å². The number of nitrogens with zero attached hydrogens (tertiary/aromatic N) is 6. The van der Waals surface area contributed by atoms with E-state index in [4.69, 9.17) is 21.9 Å². The Morgan fingerprint density at radius 1 is 1.10 bits per heavy atom. The predicted molar refractivity (Wildman–Crippen MR) is 234 cm³/mol. The summed E-state index contributed by atoms with van der Waals surface area (Å²) in [6, 6.07) is 18.2. The van der Waals surface area contributed by atoms with Crippen molar-refractivity contribution in [3.8, 4) is 33.3 Å². The molecule has 6 heterocycles. The standard InChI is InChI=1S/C45H52N8O6S2/c1-24(2)39(44(57)53-20-29(54)18-35(53)43(56)48-45(4,60)28-12-10-26(11-13-28)41-25(3)46-23-61-41)37-19-38(51-59-37)58-15-7-14-52-21-31-32(22-52)40(31)34-17-27-16-33(49-50-42(27)47-34)30-8-5-6-9-36(30)55/h5-6,8-13,16,19,23-24,29,31-32,34-35,39-40,54-55,60H,7,14-15,17-18,20-22H2,1-4H3,(H,47,50)(H,48,56)/t29-,31-,32+,34?,35+,39-,40+,45+/m1/s1. The van der Waals surface area contributed by atoms with Gasteiger partial charge < -0.3 is 39.9 Å². The van der Waals surface area contributed by atoms with Crippen LogP contribution in [0.3, 0.4) is 0 Å². The minimum absolute atomic E-state index is 0.0317. The number of likely N-dealkylation sites (tertiary alicyclic amines) is 2. The number of carbonyl (C=O) groups excluding carboxylic acids is 2. The number of hydrogen-bond acceptors (Lipinski definition) is 14. The second-order valence-electron chi connectivity index (χ2n) is 17.5. The van der Waals surface area contributed by atoms with Crippen molar-refractivity contribution in [3.63, 3.8) is 0 Å². The van der Waals surface area contributed by atoms with Crippen molar-refractivity contribution in [3.05, 3.63) is 88.8 Å². The largest absolute Gasteiger partial charge is 0.507 e. The molecule has 4 aliphatic rings. The molecule has 0 spiro atoms. The highest BCUT2D eigenvalue weighted by atomic mass is 32.1. The molecule has 5 aromatic rings. The van der Waals surface area contributed by atoms with Crippen molar-refractivity contribution in [1.82, 2.24) is 35.5 Å². The van der Waals surface area contributed by atoms with Gasteiger partial charge in [-0.05, 0) is 84.8 Å². The van der Waals surface area contributed by atoms with E-state index in [1.807, 2.05) is 62.7 Å². The van der Waals surface area contributed by atoms with E-state index in [1.165, 1.54) is 4.90 Å². The van der Waals surface area contributed by atoms with Crippen LogP contribution in [0.5, 0.6) is 11.6 Å². The lowest BCUT2D eigenvalue weighted by molar-refractivity contribution is -0.141. The lowest BCUT2D eigenvalue weighted by Crippen LogP contribution is -2.51. The third-order valence-electron chi connectivity index (χ3n) is 12.9. The van der Waals surface area contributed by atoms with E-state index in [2.05, 4.69) is 41.9 Å². The fraction of sp³-hybridized carbons (Fsp3) is 0.467. The number of fused-ring (bicyclic) bond motifs is 2. The first-order valence-electron chi connectivity index (χ1n) is 21.1. The lowest BCUT2D eigenvalue weighted by atomic mass is 9.91. The number of hydrogen-bond donors (Lipinski definition) is 5. The fourth-order valence-corrected chi connectivity index (χ4v) is 10.8. The minimum Gasteiger partial charge on any atom is -0.507 e. The third-order valence-corrected chi connectivity index (χ3v) is 14.3. The Balaban J connectivity index is 0.744. The van der Waals surface area contributed by atoms with Crippen LogP contribution < -0.4 is 15.4 Å². The summed E-state index contributed by atoms with van der Waals surface area (Å²) in [5, 5.41) is 40.6. The highest BCUT2D eigenvalue weighted by Gasteiger charge is 2.59. The van der Waals surface area contributed by atoms with Crippen LogP contribution in [0.4, 0.5) is 5.82 Å². The number of thiazole rings is 1. The Kier molecular flexibility index (Phi) is 11.3. The van der Waals surface area contributed by atoms with Gasteiger partial charge in [-0.1, -0.05) is 50.2 Å². The number of aliphatic hydroxyl groups is 1. The van der Waals surface area contributed by atoms with E-state index in [0.717, 1.165) is 65.6 Å². The highest BCUT2D eigenvalue weighted by molar-refractivity contribution is 7.81. The van der Waals surface area contributed by atoms with Gasteiger partial charge in [0.25, 0.3) is 5.88 Å². The first kappa shape index (κ1) is 41.3. The molecule has 1 aliphatic carbocycles. The van der Waals surface area contributed by atoms with Crippen LogP contribution >= 0.6 is 24.0 Å². The van der Waals surface area contributed by atoms with Crippen LogP contribution in [0.1, 0.15) is 62.1 Å². The predicted octanol–water partition coefficient (Wildman–Crippen LogP) is 5.87. The molecule has 0 bridgehead atoms. The molecule has 14 nitrogen and oxygen atoms in total. The molecule has 4 N–H and O–H groups in total. The number of carbonyl (C=O) groups is 2. The van der Waals surface area contributed by atoms with Crippen LogP contribution in [-0.2, 0) is 20.9 Å². The second kappa shape index (κ2) is 16.7. The summed E-state index contributed by atoms with van der Waals surface area (Å²) in [4.78, 5) is 36.4. The molecule has 0 radical (unpaired) electrons. The molecule has 320 valence electrons. The highest BCUT2D eigenvalue weighted by Crippen LogP contribution is 2.55. The Bertz CT molecular complexity index is 2390. The SMILES string of the molecule is Cc1ncsc1-c1ccc([C@](C)(S)NC(=O)[C@@H]2C[C@@H](O)CN2C(=O)[C@@H](c2cc(OCCCN3C[C@@H]4[C@H](C3)[C@H]4C3Cc4cc(-c5ccccc5O)nnc4N3)no2)C(C)C)cc1. The molecular weight excluding hydrogens is 813 g/mol. The third kappa shape index (κ3) is 8.34. The summed E-state index contributed by atoms with van der Waals surface area (Å²) in [6.07, 6.45) is 0.997. The molecule has 61 heavy (non-hydrogen) atoms. The Hall–Kier alpha value is -5.03. The number of para-hydroxylation sites is 1.